The summed E-state index contributed by atoms with van der Waals surface area (Å²) in [5.41, 5.74) is 3.63. The number of ether oxygens (including phenoxy) is 1. The first kappa shape index (κ1) is 21.8. The van der Waals surface area contributed by atoms with Crippen LogP contribution < -0.4 is 10.1 Å². The van der Waals surface area contributed by atoms with Crippen LogP contribution in [0, 0.1) is 13.8 Å². The number of hydrogen-bond donors (Lipinski definition) is 1. The zero-order chi connectivity index (χ0) is 21.7. The van der Waals surface area contributed by atoms with Crippen molar-refractivity contribution >= 4 is 51.9 Å². The molecule has 1 saturated heterocycles. The van der Waals surface area contributed by atoms with E-state index in [9.17, 15) is 9.59 Å². The minimum absolute atomic E-state index is 0.113. The predicted octanol–water partition coefficient (Wildman–Crippen LogP) is 4.71. The first-order valence-corrected chi connectivity index (χ1v) is 10.6. The molecule has 0 atom stereocenters. The summed E-state index contributed by atoms with van der Waals surface area (Å²) < 4.78 is 6.16. The molecule has 1 heterocycles. The van der Waals surface area contributed by atoms with E-state index in [1.54, 1.807) is 24.3 Å². The number of amides is 2. The van der Waals surface area contributed by atoms with E-state index in [4.69, 9.17) is 17.0 Å². The Balaban J connectivity index is 1.64. The fourth-order valence-electron chi connectivity index (χ4n) is 2.84. The molecule has 0 spiro atoms. The van der Waals surface area contributed by atoms with Crippen LogP contribution in [0.3, 0.4) is 0 Å². The monoisotopic (exact) mass is 438 g/mol. The van der Waals surface area contributed by atoms with E-state index in [-0.39, 0.29) is 18.4 Å². The largest absolute Gasteiger partial charge is 0.484 e. The second-order valence-electron chi connectivity index (χ2n) is 6.81. The van der Waals surface area contributed by atoms with Crippen molar-refractivity contribution in [1.29, 1.82) is 0 Å². The molecule has 1 N–H and O–H groups in total. The number of thiocarbonyl (C=S) groups is 1. The highest BCUT2D eigenvalue weighted by molar-refractivity contribution is 8.26. The number of thioether (sulfide) groups is 1. The van der Waals surface area contributed by atoms with E-state index in [1.165, 1.54) is 16.7 Å². The zero-order valence-corrected chi connectivity index (χ0v) is 18.4. The molecule has 0 aliphatic carbocycles. The van der Waals surface area contributed by atoms with Crippen molar-refractivity contribution in [1.82, 2.24) is 4.90 Å². The fourth-order valence-corrected chi connectivity index (χ4v) is 4.11. The van der Waals surface area contributed by atoms with Gasteiger partial charge in [-0.2, -0.15) is 0 Å². The van der Waals surface area contributed by atoms with Crippen LogP contribution in [0.25, 0.3) is 6.08 Å². The number of benzene rings is 2. The minimum atomic E-state index is -0.237. The van der Waals surface area contributed by atoms with Crippen molar-refractivity contribution in [3.05, 3.63) is 76.7 Å². The molecule has 1 aliphatic rings. The third-order valence-corrected chi connectivity index (χ3v) is 5.76. The lowest BCUT2D eigenvalue weighted by Crippen LogP contribution is -2.27. The van der Waals surface area contributed by atoms with Crippen LogP contribution >= 0.6 is 24.0 Å². The zero-order valence-electron chi connectivity index (χ0n) is 16.8. The van der Waals surface area contributed by atoms with Crippen molar-refractivity contribution in [2.45, 2.75) is 13.8 Å². The average Bonchev–Trinajstić information content (AvgIpc) is 2.97. The van der Waals surface area contributed by atoms with E-state index in [0.717, 1.165) is 22.4 Å². The quantitative estimate of drug-likeness (QED) is 0.385. The second-order valence-corrected chi connectivity index (χ2v) is 8.48. The molecule has 5 nitrogen and oxygen atoms in total. The third-order valence-electron chi connectivity index (χ3n) is 4.38. The van der Waals surface area contributed by atoms with Gasteiger partial charge in [-0.15, -0.1) is 6.58 Å². The van der Waals surface area contributed by atoms with Crippen molar-refractivity contribution in [2.24, 2.45) is 0 Å². The predicted molar refractivity (Wildman–Crippen MR) is 127 cm³/mol. The van der Waals surface area contributed by atoms with Crippen LogP contribution in [0.15, 0.2) is 60.0 Å². The summed E-state index contributed by atoms with van der Waals surface area (Å²) in [5.74, 6) is 0.171. The molecule has 0 radical (unpaired) electrons. The highest BCUT2D eigenvalue weighted by Gasteiger charge is 2.30. The molecule has 0 bridgehead atoms. The Morgan fingerprint density at radius 3 is 2.83 bits per heavy atom. The van der Waals surface area contributed by atoms with E-state index in [1.807, 2.05) is 44.2 Å². The van der Waals surface area contributed by atoms with E-state index >= 15 is 0 Å². The van der Waals surface area contributed by atoms with Crippen LogP contribution in [0.4, 0.5) is 5.69 Å². The van der Waals surface area contributed by atoms with Crippen LogP contribution in [-0.4, -0.2) is 34.2 Å². The van der Waals surface area contributed by atoms with Gasteiger partial charge < -0.3 is 10.1 Å². The van der Waals surface area contributed by atoms with Crippen LogP contribution in [0.2, 0.25) is 0 Å². The number of aryl methyl sites for hydroxylation is 2. The summed E-state index contributed by atoms with van der Waals surface area (Å²) in [7, 11) is 0. The maximum Gasteiger partial charge on any atom is 0.266 e. The number of hydrogen-bond acceptors (Lipinski definition) is 5. The summed E-state index contributed by atoms with van der Waals surface area (Å²) in [6, 6.07) is 13.1. The van der Waals surface area contributed by atoms with Crippen LogP contribution in [0.5, 0.6) is 5.75 Å². The van der Waals surface area contributed by atoms with Gasteiger partial charge in [0.1, 0.15) is 10.1 Å². The summed E-state index contributed by atoms with van der Waals surface area (Å²) in [6.45, 7) is 7.85. The first-order valence-electron chi connectivity index (χ1n) is 9.33. The summed E-state index contributed by atoms with van der Waals surface area (Å²) in [4.78, 5) is 26.8. The molecule has 1 aliphatic heterocycles. The smallest absolute Gasteiger partial charge is 0.266 e. The highest BCUT2D eigenvalue weighted by Crippen LogP contribution is 2.32. The maximum absolute atomic E-state index is 12.5. The highest BCUT2D eigenvalue weighted by atomic mass is 32.2. The fraction of sp³-hybridized carbons (Fsp3) is 0.174. The summed E-state index contributed by atoms with van der Waals surface area (Å²) in [6.07, 6.45) is 3.41. The van der Waals surface area contributed by atoms with Gasteiger partial charge in [0.25, 0.3) is 11.8 Å². The number of rotatable bonds is 7. The van der Waals surface area contributed by atoms with Crippen molar-refractivity contribution < 1.29 is 14.3 Å². The number of nitrogens with one attached hydrogen (secondary N) is 1. The molecular formula is C23H22N2O3S2. The lowest BCUT2D eigenvalue weighted by atomic mass is 10.1. The Hall–Kier alpha value is -2.90. The maximum atomic E-state index is 12.5. The van der Waals surface area contributed by atoms with E-state index in [0.29, 0.717) is 21.5 Å². The van der Waals surface area contributed by atoms with Crippen molar-refractivity contribution in [3.8, 4) is 5.75 Å². The molecule has 0 unspecified atom stereocenters. The number of anilines is 1. The van der Waals surface area contributed by atoms with Gasteiger partial charge in [0.05, 0.1) is 4.91 Å². The van der Waals surface area contributed by atoms with Gasteiger partial charge in [-0.05, 0) is 54.8 Å². The Kier molecular flexibility index (Phi) is 7.07. The molecular weight excluding hydrogens is 416 g/mol. The van der Waals surface area contributed by atoms with Crippen LogP contribution in [-0.2, 0) is 9.59 Å². The molecule has 154 valence electrons. The molecule has 7 heteroatoms. The van der Waals surface area contributed by atoms with Gasteiger partial charge in [0.2, 0.25) is 0 Å². The molecule has 30 heavy (non-hydrogen) atoms. The topological polar surface area (TPSA) is 58.6 Å². The SMILES string of the molecule is C=CCN1C(=O)/C(=C/c2cccc(OCC(=O)Nc3cc(C)ccc3C)c2)SC1=S. The lowest BCUT2D eigenvalue weighted by Gasteiger charge is -2.11. The van der Waals surface area contributed by atoms with Gasteiger partial charge in [0.15, 0.2) is 6.61 Å². The van der Waals surface area contributed by atoms with Crippen LogP contribution in [0.1, 0.15) is 16.7 Å². The Bertz CT molecular complexity index is 1050. The summed E-state index contributed by atoms with van der Waals surface area (Å²) in [5, 5.41) is 2.87. The first-order chi connectivity index (χ1) is 14.4. The summed E-state index contributed by atoms with van der Waals surface area (Å²) >= 11 is 6.51. The van der Waals surface area contributed by atoms with Gasteiger partial charge in [-0.25, -0.2) is 0 Å². The molecule has 2 amide bonds. The molecule has 3 rings (SSSR count). The van der Waals surface area contributed by atoms with Crippen molar-refractivity contribution in [3.63, 3.8) is 0 Å². The molecule has 2 aromatic carbocycles. The second kappa shape index (κ2) is 9.73. The third kappa shape index (κ3) is 5.37. The van der Waals surface area contributed by atoms with E-state index < -0.39 is 0 Å². The number of carbonyl (C=O) groups excluding carboxylic acids is 2. The average molecular weight is 439 g/mol. The molecule has 0 aromatic heterocycles. The Morgan fingerprint density at radius 2 is 2.07 bits per heavy atom. The van der Waals surface area contributed by atoms with Gasteiger partial charge in [0, 0.05) is 12.2 Å². The van der Waals surface area contributed by atoms with Gasteiger partial charge in [-0.1, -0.05) is 54.3 Å². The van der Waals surface area contributed by atoms with E-state index in [2.05, 4.69) is 11.9 Å². The molecule has 0 saturated carbocycles. The number of nitrogens with zero attached hydrogens (tertiary/aromatic N) is 1. The molecule has 1 fully saturated rings. The Morgan fingerprint density at radius 1 is 1.27 bits per heavy atom. The van der Waals surface area contributed by atoms with Gasteiger partial charge >= 0.3 is 0 Å². The number of carbonyl (C=O) groups is 2. The standard InChI is InChI=1S/C23H22N2O3S2/c1-4-10-25-22(27)20(30-23(25)29)13-17-6-5-7-18(12-17)28-14-21(26)24-19-11-15(2)8-9-16(19)3/h4-9,11-13H,1,10,14H2,2-3H3,(H,24,26)/b20-13-. The minimum Gasteiger partial charge on any atom is -0.484 e. The molecule has 2 aromatic rings. The Labute approximate surface area is 185 Å². The van der Waals surface area contributed by atoms with Crippen molar-refractivity contribution in [2.75, 3.05) is 18.5 Å². The lowest BCUT2D eigenvalue weighted by molar-refractivity contribution is -0.121. The van der Waals surface area contributed by atoms with Gasteiger partial charge in [-0.3, -0.25) is 14.5 Å². The normalized spacial score (nSPS) is 14.9.